The second kappa shape index (κ2) is 6.73. The van der Waals surface area contributed by atoms with Crippen LogP contribution in [0.4, 0.5) is 5.82 Å². The molecular formula is C14H20N4O2S. The lowest BCUT2D eigenvalue weighted by molar-refractivity contribution is 0.600. The lowest BCUT2D eigenvalue weighted by atomic mass is 10.1. The fourth-order valence-corrected chi connectivity index (χ4v) is 3.04. The molecule has 0 saturated heterocycles. The van der Waals surface area contributed by atoms with Crippen LogP contribution in [0, 0.1) is 0 Å². The zero-order chi connectivity index (χ0) is 15.3. The molecule has 0 amide bonds. The maximum absolute atomic E-state index is 12.1. The molecule has 6 nitrogen and oxygen atoms in total. The van der Waals surface area contributed by atoms with Crippen LogP contribution in [0.3, 0.4) is 0 Å². The van der Waals surface area contributed by atoms with Crippen molar-refractivity contribution < 1.29 is 8.42 Å². The molecule has 0 aliphatic rings. The lowest BCUT2D eigenvalue weighted by Crippen LogP contribution is -2.16. The van der Waals surface area contributed by atoms with Crippen molar-refractivity contribution in [2.75, 3.05) is 11.3 Å². The third kappa shape index (κ3) is 4.87. The van der Waals surface area contributed by atoms with E-state index >= 15 is 0 Å². The second-order valence-electron chi connectivity index (χ2n) is 4.83. The van der Waals surface area contributed by atoms with Crippen LogP contribution >= 0.6 is 0 Å². The smallest absolute Gasteiger partial charge is 0.238 e. The van der Waals surface area contributed by atoms with Gasteiger partial charge in [-0.05, 0) is 17.7 Å². The Morgan fingerprint density at radius 1 is 1.14 bits per heavy atom. The first kappa shape index (κ1) is 15.5. The van der Waals surface area contributed by atoms with Crippen LogP contribution in [0.2, 0.25) is 0 Å². The number of anilines is 1. The van der Waals surface area contributed by atoms with Gasteiger partial charge in [-0.3, -0.25) is 9.40 Å². The van der Waals surface area contributed by atoms with Crippen LogP contribution in [0.15, 0.2) is 36.5 Å². The van der Waals surface area contributed by atoms with Crippen molar-refractivity contribution in [3.8, 4) is 0 Å². The number of hydrogen-bond donors (Lipinski definition) is 2. The van der Waals surface area contributed by atoms with E-state index in [2.05, 4.69) is 15.1 Å². The zero-order valence-corrected chi connectivity index (χ0v) is 13.0. The molecule has 0 bridgehead atoms. The van der Waals surface area contributed by atoms with Crippen molar-refractivity contribution in [3.63, 3.8) is 0 Å². The van der Waals surface area contributed by atoms with E-state index in [0.717, 1.165) is 24.2 Å². The largest absolute Gasteiger partial charge is 0.313 e. The van der Waals surface area contributed by atoms with E-state index in [1.165, 1.54) is 0 Å². The molecule has 7 heteroatoms. The minimum atomic E-state index is -3.45. The number of aromatic nitrogens is 2. The van der Waals surface area contributed by atoms with Crippen molar-refractivity contribution in [2.45, 2.75) is 19.2 Å². The monoisotopic (exact) mass is 308 g/mol. The van der Waals surface area contributed by atoms with Crippen LogP contribution in [0.1, 0.15) is 18.1 Å². The molecule has 2 N–H and O–H groups in total. The van der Waals surface area contributed by atoms with E-state index in [0.29, 0.717) is 5.82 Å². The Morgan fingerprint density at radius 3 is 2.38 bits per heavy atom. The Labute approximate surface area is 125 Å². The van der Waals surface area contributed by atoms with Gasteiger partial charge in [-0.15, -0.1) is 0 Å². The van der Waals surface area contributed by atoms with Gasteiger partial charge in [0.25, 0.3) is 0 Å². The fraction of sp³-hybridized carbons (Fsp3) is 0.357. The number of aryl methyl sites for hydroxylation is 1. The summed E-state index contributed by atoms with van der Waals surface area (Å²) in [5, 5.41) is 7.23. The van der Waals surface area contributed by atoms with Crippen LogP contribution < -0.4 is 10.0 Å². The molecule has 2 rings (SSSR count). The van der Waals surface area contributed by atoms with Gasteiger partial charge in [0.05, 0.1) is 5.75 Å². The van der Waals surface area contributed by atoms with Crippen molar-refractivity contribution in [1.29, 1.82) is 0 Å². The summed E-state index contributed by atoms with van der Waals surface area (Å²) in [7, 11) is -1.71. The number of sulfonamides is 1. The minimum absolute atomic E-state index is 0.0644. The molecule has 0 fully saturated rings. The molecule has 114 valence electrons. The Kier molecular flexibility index (Phi) is 4.98. The van der Waals surface area contributed by atoms with Crippen LogP contribution in [-0.2, 0) is 29.4 Å². The van der Waals surface area contributed by atoms with Gasteiger partial charge in [0.15, 0.2) is 5.82 Å². The highest BCUT2D eigenvalue weighted by atomic mass is 32.2. The van der Waals surface area contributed by atoms with Gasteiger partial charge >= 0.3 is 0 Å². The average Bonchev–Trinajstić information content (AvgIpc) is 2.82. The average molecular weight is 308 g/mol. The molecule has 0 aliphatic heterocycles. The van der Waals surface area contributed by atoms with Gasteiger partial charge in [0.1, 0.15) is 0 Å². The van der Waals surface area contributed by atoms with Crippen molar-refractivity contribution in [3.05, 3.63) is 47.7 Å². The Morgan fingerprint density at radius 2 is 1.81 bits per heavy atom. The van der Waals surface area contributed by atoms with Gasteiger partial charge in [-0.2, -0.15) is 5.10 Å². The van der Waals surface area contributed by atoms with Crippen molar-refractivity contribution >= 4 is 15.8 Å². The summed E-state index contributed by atoms with van der Waals surface area (Å²) in [5.74, 6) is 0.270. The summed E-state index contributed by atoms with van der Waals surface area (Å²) < 4.78 is 28.1. The first-order valence-corrected chi connectivity index (χ1v) is 8.42. The lowest BCUT2D eigenvalue weighted by Gasteiger charge is -2.07. The summed E-state index contributed by atoms with van der Waals surface area (Å²) in [6.45, 7) is 3.74. The van der Waals surface area contributed by atoms with Crippen LogP contribution in [0.5, 0.6) is 0 Å². The quantitative estimate of drug-likeness (QED) is 0.812. The van der Waals surface area contributed by atoms with Crippen LogP contribution in [-0.4, -0.2) is 24.7 Å². The summed E-state index contributed by atoms with van der Waals surface area (Å²) in [5.41, 5.74) is 1.88. The Bertz CT molecular complexity index is 677. The zero-order valence-electron chi connectivity index (χ0n) is 12.2. The molecule has 0 atom stereocenters. The molecule has 21 heavy (non-hydrogen) atoms. The number of rotatable bonds is 7. The molecule has 1 aromatic heterocycles. The third-order valence-electron chi connectivity index (χ3n) is 2.93. The molecule has 1 heterocycles. The predicted molar refractivity (Wildman–Crippen MR) is 83.3 cm³/mol. The number of nitrogens with one attached hydrogen (secondary N) is 2. The van der Waals surface area contributed by atoms with E-state index in [1.54, 1.807) is 24.0 Å². The topological polar surface area (TPSA) is 76.0 Å². The third-order valence-corrected chi connectivity index (χ3v) is 4.17. The summed E-state index contributed by atoms with van der Waals surface area (Å²) in [6, 6.07) is 9.17. The van der Waals surface area contributed by atoms with Gasteiger partial charge in [0.2, 0.25) is 10.0 Å². The summed E-state index contributed by atoms with van der Waals surface area (Å²) >= 11 is 0. The normalized spacial score (nSPS) is 11.5. The molecule has 2 aromatic rings. The highest BCUT2D eigenvalue weighted by Gasteiger charge is 2.13. The van der Waals surface area contributed by atoms with E-state index in [4.69, 9.17) is 0 Å². The van der Waals surface area contributed by atoms with Gasteiger partial charge in [0, 0.05) is 25.9 Å². The highest BCUT2D eigenvalue weighted by Crippen LogP contribution is 2.11. The van der Waals surface area contributed by atoms with Gasteiger partial charge < -0.3 is 5.32 Å². The maximum atomic E-state index is 12.1. The number of benzene rings is 1. The molecule has 1 aromatic carbocycles. The highest BCUT2D eigenvalue weighted by molar-refractivity contribution is 7.91. The molecular weight excluding hydrogens is 288 g/mol. The maximum Gasteiger partial charge on any atom is 0.238 e. The van der Waals surface area contributed by atoms with E-state index in [1.807, 2.05) is 31.2 Å². The molecule has 0 unspecified atom stereocenters. The van der Waals surface area contributed by atoms with Crippen molar-refractivity contribution in [1.82, 2.24) is 15.1 Å². The number of nitrogens with zero attached hydrogens (tertiary/aromatic N) is 2. The Balaban J connectivity index is 1.99. The SMILES string of the molecule is CCNCc1ccc(CS(=O)(=O)Nc2ccn(C)n2)cc1. The van der Waals surface area contributed by atoms with Crippen molar-refractivity contribution in [2.24, 2.45) is 7.05 Å². The minimum Gasteiger partial charge on any atom is -0.313 e. The standard InChI is InChI=1S/C14H20N4O2S/c1-3-15-10-12-4-6-13(7-5-12)11-21(19,20)17-14-8-9-18(2)16-14/h4-9,15H,3,10-11H2,1-2H3,(H,16,17). The van der Waals surface area contributed by atoms with E-state index in [-0.39, 0.29) is 5.75 Å². The molecule has 0 saturated carbocycles. The molecule has 0 radical (unpaired) electrons. The predicted octanol–water partition coefficient (Wildman–Crippen LogP) is 1.47. The first-order chi connectivity index (χ1) is 9.98. The first-order valence-electron chi connectivity index (χ1n) is 6.77. The van der Waals surface area contributed by atoms with Crippen LogP contribution in [0.25, 0.3) is 0 Å². The summed E-state index contributed by atoms with van der Waals surface area (Å²) in [6.07, 6.45) is 1.69. The summed E-state index contributed by atoms with van der Waals surface area (Å²) in [4.78, 5) is 0. The fourth-order valence-electron chi connectivity index (χ4n) is 1.91. The molecule has 0 spiro atoms. The van der Waals surface area contributed by atoms with E-state index in [9.17, 15) is 8.42 Å². The number of hydrogen-bond acceptors (Lipinski definition) is 4. The Hall–Kier alpha value is -1.86. The molecule has 0 aliphatic carbocycles. The van der Waals surface area contributed by atoms with Gasteiger partial charge in [-0.1, -0.05) is 31.2 Å². The van der Waals surface area contributed by atoms with E-state index < -0.39 is 10.0 Å². The second-order valence-corrected chi connectivity index (χ2v) is 6.55. The van der Waals surface area contributed by atoms with Gasteiger partial charge in [-0.25, -0.2) is 8.42 Å².